The first-order valence-electron chi connectivity index (χ1n) is 6.03. The van der Waals surface area contributed by atoms with Gasteiger partial charge in [0.25, 0.3) is 0 Å². The average molecular weight is 263 g/mol. The van der Waals surface area contributed by atoms with E-state index in [2.05, 4.69) is 5.32 Å². The quantitative estimate of drug-likeness (QED) is 0.796. The summed E-state index contributed by atoms with van der Waals surface area (Å²) in [7, 11) is 0. The molecule has 5 heteroatoms. The smallest absolute Gasteiger partial charge is 0.326 e. The third kappa shape index (κ3) is 3.91. The lowest BCUT2D eigenvalue weighted by Gasteiger charge is -2.11. The Morgan fingerprint density at radius 1 is 1.42 bits per heavy atom. The molecule has 1 aromatic carbocycles. The monoisotopic (exact) mass is 263 g/mol. The average Bonchev–Trinajstić information content (AvgIpc) is 3.17. The summed E-state index contributed by atoms with van der Waals surface area (Å²) in [5.41, 5.74) is 0.549. The molecule has 0 radical (unpaired) electrons. The van der Waals surface area contributed by atoms with Crippen molar-refractivity contribution in [1.82, 2.24) is 5.32 Å². The van der Waals surface area contributed by atoms with Crippen LogP contribution in [0.2, 0.25) is 0 Å². The largest absolute Gasteiger partial charge is 0.480 e. The third-order valence-electron chi connectivity index (χ3n) is 2.93. The van der Waals surface area contributed by atoms with Gasteiger partial charge in [0.2, 0.25) is 5.91 Å². The SMILES string of the molecule is O=C(C=Cc1cccc(F)c1)NC(C(=O)O)C1CC1. The van der Waals surface area contributed by atoms with Gasteiger partial charge in [-0.1, -0.05) is 12.1 Å². The van der Waals surface area contributed by atoms with Crippen LogP contribution < -0.4 is 5.32 Å². The standard InChI is InChI=1S/C14H14FNO3/c15-11-3-1-2-9(8-11)4-7-12(17)16-13(14(18)19)10-5-6-10/h1-4,7-8,10,13H,5-6H2,(H,16,17)(H,18,19). The number of carboxylic acid groups (broad SMARTS) is 1. The molecule has 0 spiro atoms. The summed E-state index contributed by atoms with van der Waals surface area (Å²) in [6.45, 7) is 0. The zero-order valence-electron chi connectivity index (χ0n) is 10.2. The Morgan fingerprint density at radius 3 is 2.74 bits per heavy atom. The van der Waals surface area contributed by atoms with Crippen LogP contribution in [0.4, 0.5) is 4.39 Å². The maximum Gasteiger partial charge on any atom is 0.326 e. The van der Waals surface area contributed by atoms with Crippen LogP contribution in [0.15, 0.2) is 30.3 Å². The molecule has 1 amide bonds. The Labute approximate surface area is 109 Å². The lowest BCUT2D eigenvalue weighted by molar-refractivity contribution is -0.141. The number of hydrogen-bond donors (Lipinski definition) is 2. The second-order valence-electron chi connectivity index (χ2n) is 4.55. The number of hydrogen-bond acceptors (Lipinski definition) is 2. The fourth-order valence-corrected chi connectivity index (χ4v) is 1.79. The first-order valence-corrected chi connectivity index (χ1v) is 6.03. The van der Waals surface area contributed by atoms with Gasteiger partial charge in [-0.2, -0.15) is 0 Å². The molecule has 2 N–H and O–H groups in total. The maximum absolute atomic E-state index is 12.9. The highest BCUT2D eigenvalue weighted by Gasteiger charge is 2.36. The maximum atomic E-state index is 12.9. The number of rotatable bonds is 5. The van der Waals surface area contributed by atoms with Crippen molar-refractivity contribution in [1.29, 1.82) is 0 Å². The van der Waals surface area contributed by atoms with Gasteiger partial charge in [-0.05, 0) is 42.5 Å². The predicted octanol–water partition coefficient (Wildman–Crippen LogP) is 1.82. The van der Waals surface area contributed by atoms with Crippen molar-refractivity contribution in [2.45, 2.75) is 18.9 Å². The summed E-state index contributed by atoms with van der Waals surface area (Å²) < 4.78 is 12.9. The second-order valence-corrected chi connectivity index (χ2v) is 4.55. The van der Waals surface area contributed by atoms with Crippen LogP contribution in [-0.4, -0.2) is 23.0 Å². The first kappa shape index (κ1) is 13.3. The van der Waals surface area contributed by atoms with Gasteiger partial charge in [0.1, 0.15) is 11.9 Å². The van der Waals surface area contributed by atoms with E-state index >= 15 is 0 Å². The molecule has 2 rings (SSSR count). The van der Waals surface area contributed by atoms with E-state index in [1.54, 1.807) is 6.07 Å². The summed E-state index contributed by atoms with van der Waals surface area (Å²) in [4.78, 5) is 22.5. The number of amides is 1. The van der Waals surface area contributed by atoms with Crippen LogP contribution in [0.5, 0.6) is 0 Å². The molecule has 0 saturated heterocycles. The molecule has 1 fully saturated rings. The van der Waals surface area contributed by atoms with E-state index in [0.717, 1.165) is 12.8 Å². The highest BCUT2D eigenvalue weighted by Crippen LogP contribution is 2.32. The van der Waals surface area contributed by atoms with Crippen molar-refractivity contribution in [2.75, 3.05) is 0 Å². The Bertz CT molecular complexity index is 523. The summed E-state index contributed by atoms with van der Waals surface area (Å²) in [6.07, 6.45) is 4.31. The van der Waals surface area contributed by atoms with Gasteiger partial charge in [0.05, 0.1) is 0 Å². The van der Waals surface area contributed by atoms with Crippen molar-refractivity contribution in [3.05, 3.63) is 41.7 Å². The second kappa shape index (κ2) is 5.65. The van der Waals surface area contributed by atoms with Gasteiger partial charge in [-0.3, -0.25) is 4.79 Å². The number of carbonyl (C=O) groups is 2. The van der Waals surface area contributed by atoms with Gasteiger partial charge in [0.15, 0.2) is 0 Å². The van der Waals surface area contributed by atoms with Crippen LogP contribution in [0.25, 0.3) is 6.08 Å². The normalized spacial score (nSPS) is 16.3. The number of benzene rings is 1. The molecule has 0 heterocycles. The van der Waals surface area contributed by atoms with Crippen molar-refractivity contribution in [3.63, 3.8) is 0 Å². The summed E-state index contributed by atoms with van der Waals surface area (Å²) >= 11 is 0. The van der Waals surface area contributed by atoms with Gasteiger partial charge in [-0.15, -0.1) is 0 Å². The Morgan fingerprint density at radius 2 is 2.16 bits per heavy atom. The molecule has 1 aliphatic rings. The van der Waals surface area contributed by atoms with Crippen molar-refractivity contribution < 1.29 is 19.1 Å². The number of halogens is 1. The predicted molar refractivity (Wildman–Crippen MR) is 67.7 cm³/mol. The number of carbonyl (C=O) groups excluding carboxylic acids is 1. The summed E-state index contributed by atoms with van der Waals surface area (Å²) in [5.74, 6) is -1.86. The molecule has 0 bridgehead atoms. The topological polar surface area (TPSA) is 66.4 Å². The van der Waals surface area contributed by atoms with Crippen LogP contribution >= 0.6 is 0 Å². The van der Waals surface area contributed by atoms with Crippen LogP contribution in [0, 0.1) is 11.7 Å². The summed E-state index contributed by atoms with van der Waals surface area (Å²) in [5, 5.41) is 11.4. The van der Waals surface area contributed by atoms with E-state index in [1.165, 1.54) is 30.4 Å². The van der Waals surface area contributed by atoms with E-state index in [0.29, 0.717) is 5.56 Å². The Balaban J connectivity index is 1.95. The lowest BCUT2D eigenvalue weighted by Crippen LogP contribution is -2.41. The van der Waals surface area contributed by atoms with Gasteiger partial charge in [0, 0.05) is 6.08 Å². The molecular weight excluding hydrogens is 249 g/mol. The number of aliphatic carboxylic acids is 1. The summed E-state index contributed by atoms with van der Waals surface area (Å²) in [6, 6.07) is 4.97. The van der Waals surface area contributed by atoms with E-state index in [9.17, 15) is 14.0 Å². The molecule has 1 saturated carbocycles. The lowest BCUT2D eigenvalue weighted by atomic mass is 10.1. The number of nitrogens with one attached hydrogen (secondary N) is 1. The highest BCUT2D eigenvalue weighted by atomic mass is 19.1. The minimum Gasteiger partial charge on any atom is -0.480 e. The highest BCUT2D eigenvalue weighted by molar-refractivity contribution is 5.94. The zero-order valence-corrected chi connectivity index (χ0v) is 10.2. The Hall–Kier alpha value is -2.17. The third-order valence-corrected chi connectivity index (χ3v) is 2.93. The zero-order chi connectivity index (χ0) is 13.8. The van der Waals surface area contributed by atoms with Gasteiger partial charge >= 0.3 is 5.97 Å². The minimum atomic E-state index is -1.02. The van der Waals surface area contributed by atoms with Crippen LogP contribution in [0.3, 0.4) is 0 Å². The molecule has 1 aromatic rings. The van der Waals surface area contributed by atoms with E-state index in [-0.39, 0.29) is 11.7 Å². The first-order chi connectivity index (χ1) is 9.06. The van der Waals surface area contributed by atoms with Crippen molar-refractivity contribution >= 4 is 18.0 Å². The molecule has 19 heavy (non-hydrogen) atoms. The molecule has 0 aromatic heterocycles. The minimum absolute atomic E-state index is 0.0315. The van der Waals surface area contributed by atoms with Crippen molar-refractivity contribution in [2.24, 2.45) is 5.92 Å². The molecule has 4 nitrogen and oxygen atoms in total. The fraction of sp³-hybridized carbons (Fsp3) is 0.286. The number of carboxylic acids is 1. The van der Waals surface area contributed by atoms with Crippen molar-refractivity contribution in [3.8, 4) is 0 Å². The van der Waals surface area contributed by atoms with Gasteiger partial charge < -0.3 is 10.4 Å². The molecule has 0 aliphatic heterocycles. The van der Waals surface area contributed by atoms with E-state index in [1.807, 2.05) is 0 Å². The molecule has 1 atom stereocenters. The molecule has 100 valence electrons. The van der Waals surface area contributed by atoms with E-state index in [4.69, 9.17) is 5.11 Å². The Kier molecular flexibility index (Phi) is 3.94. The van der Waals surface area contributed by atoms with Crippen LogP contribution in [0.1, 0.15) is 18.4 Å². The van der Waals surface area contributed by atoms with Crippen LogP contribution in [-0.2, 0) is 9.59 Å². The molecular formula is C14H14FNO3. The van der Waals surface area contributed by atoms with E-state index < -0.39 is 17.9 Å². The fourth-order valence-electron chi connectivity index (χ4n) is 1.79. The molecule has 1 unspecified atom stereocenters. The molecule has 1 aliphatic carbocycles. The van der Waals surface area contributed by atoms with Gasteiger partial charge in [-0.25, -0.2) is 9.18 Å².